The van der Waals surface area contributed by atoms with E-state index in [2.05, 4.69) is 6.07 Å². The lowest BCUT2D eigenvalue weighted by atomic mass is 9.95. The van der Waals surface area contributed by atoms with Gasteiger partial charge < -0.3 is 4.90 Å². The third-order valence-electron chi connectivity index (χ3n) is 6.06. The second kappa shape index (κ2) is 8.92. The number of nitrogens with zero attached hydrogens (tertiary/aromatic N) is 4. The predicted molar refractivity (Wildman–Crippen MR) is 121 cm³/mol. The van der Waals surface area contributed by atoms with Crippen molar-refractivity contribution in [3.8, 4) is 0 Å². The van der Waals surface area contributed by atoms with Crippen molar-refractivity contribution in [1.82, 2.24) is 19.2 Å². The zero-order valence-corrected chi connectivity index (χ0v) is 18.5. The number of amides is 1. The van der Waals surface area contributed by atoms with E-state index < -0.39 is 0 Å². The lowest BCUT2D eigenvalue weighted by Gasteiger charge is -2.31. The summed E-state index contributed by atoms with van der Waals surface area (Å²) in [5.74, 6) is 1.13. The van der Waals surface area contributed by atoms with E-state index in [1.807, 2.05) is 68.1 Å². The molecule has 0 spiro atoms. The summed E-state index contributed by atoms with van der Waals surface area (Å²) < 4.78 is 3.36. The molecule has 0 bridgehead atoms. The van der Waals surface area contributed by atoms with Gasteiger partial charge in [-0.15, -0.1) is 0 Å². The van der Waals surface area contributed by atoms with Crippen molar-refractivity contribution in [2.24, 2.45) is 0 Å². The number of hydrogen-bond acceptors (Lipinski definition) is 3. The van der Waals surface area contributed by atoms with Crippen LogP contribution < -0.4 is 5.69 Å². The van der Waals surface area contributed by atoms with Crippen LogP contribution in [0.5, 0.6) is 0 Å². The minimum atomic E-state index is -0.0601. The monoisotopic (exact) mass is 418 g/mol. The van der Waals surface area contributed by atoms with Crippen molar-refractivity contribution in [2.45, 2.75) is 52.6 Å². The van der Waals surface area contributed by atoms with E-state index in [4.69, 9.17) is 5.10 Å². The van der Waals surface area contributed by atoms with Crippen LogP contribution in [0.25, 0.3) is 0 Å². The van der Waals surface area contributed by atoms with E-state index in [0.29, 0.717) is 26.2 Å². The topological polar surface area (TPSA) is 60.1 Å². The van der Waals surface area contributed by atoms with Crippen molar-refractivity contribution >= 4 is 5.91 Å². The quantitative estimate of drug-likeness (QED) is 0.634. The summed E-state index contributed by atoms with van der Waals surface area (Å²) in [6.45, 7) is 8.46. The minimum absolute atomic E-state index is 0.0601. The van der Waals surface area contributed by atoms with Gasteiger partial charge in [0.1, 0.15) is 5.82 Å². The molecule has 1 fully saturated rings. The molecule has 1 aliphatic heterocycles. The van der Waals surface area contributed by atoms with Gasteiger partial charge >= 0.3 is 5.69 Å². The molecule has 6 heteroatoms. The van der Waals surface area contributed by atoms with Crippen LogP contribution in [0.2, 0.25) is 0 Å². The first-order valence-corrected chi connectivity index (χ1v) is 11.0. The molecule has 0 saturated carbocycles. The average molecular weight is 419 g/mol. The first-order chi connectivity index (χ1) is 15.0. The number of likely N-dealkylation sites (tertiary alicyclic amines) is 1. The van der Waals surface area contributed by atoms with Crippen LogP contribution in [0.15, 0.2) is 53.3 Å². The maximum absolute atomic E-state index is 13.0. The number of carbonyl (C=O) groups is 1. The lowest BCUT2D eigenvalue weighted by Crippen LogP contribution is -2.38. The Morgan fingerprint density at radius 1 is 1.03 bits per heavy atom. The van der Waals surface area contributed by atoms with Gasteiger partial charge in [-0.2, -0.15) is 5.10 Å². The zero-order valence-electron chi connectivity index (χ0n) is 18.5. The Kier molecular flexibility index (Phi) is 6.07. The van der Waals surface area contributed by atoms with Crippen LogP contribution in [-0.4, -0.2) is 38.2 Å². The van der Waals surface area contributed by atoms with Gasteiger partial charge in [0.15, 0.2) is 0 Å². The fourth-order valence-corrected chi connectivity index (χ4v) is 4.54. The molecule has 2 aromatic carbocycles. The van der Waals surface area contributed by atoms with Crippen molar-refractivity contribution in [3.63, 3.8) is 0 Å². The van der Waals surface area contributed by atoms with Gasteiger partial charge in [0.25, 0.3) is 5.91 Å². The van der Waals surface area contributed by atoms with E-state index in [1.54, 1.807) is 9.25 Å². The summed E-state index contributed by atoms with van der Waals surface area (Å²) in [6.07, 6.45) is 1.64. The highest BCUT2D eigenvalue weighted by Gasteiger charge is 2.29. The second-order valence-corrected chi connectivity index (χ2v) is 8.47. The standard InChI is InChI=1S/C25H30N4O2/c1-4-28-23(26-29(25(28)31)17-20-8-6-5-7-9-20)21-10-12-27(13-11-21)24(30)22-15-18(2)14-19(3)16-22/h5-9,14-16,21H,4,10-13,17H2,1-3H3. The number of piperidine rings is 1. The molecule has 0 aliphatic carbocycles. The van der Waals surface area contributed by atoms with E-state index in [0.717, 1.165) is 40.9 Å². The fourth-order valence-electron chi connectivity index (χ4n) is 4.54. The van der Waals surface area contributed by atoms with E-state index in [-0.39, 0.29) is 17.5 Å². The molecule has 0 atom stereocenters. The van der Waals surface area contributed by atoms with Gasteiger partial charge in [-0.25, -0.2) is 9.48 Å². The fraction of sp³-hybridized carbons (Fsp3) is 0.400. The van der Waals surface area contributed by atoms with Gasteiger partial charge in [-0.3, -0.25) is 9.36 Å². The minimum Gasteiger partial charge on any atom is -0.339 e. The maximum Gasteiger partial charge on any atom is 0.346 e. The molecule has 6 nitrogen and oxygen atoms in total. The highest BCUT2D eigenvalue weighted by molar-refractivity contribution is 5.94. The molecule has 0 N–H and O–H groups in total. The maximum atomic E-state index is 13.0. The largest absolute Gasteiger partial charge is 0.346 e. The lowest BCUT2D eigenvalue weighted by molar-refractivity contribution is 0.0710. The van der Waals surface area contributed by atoms with Gasteiger partial charge in [-0.05, 0) is 51.3 Å². The molecular formula is C25H30N4O2. The van der Waals surface area contributed by atoms with Crippen molar-refractivity contribution in [3.05, 3.63) is 87.1 Å². The van der Waals surface area contributed by atoms with Crippen molar-refractivity contribution < 1.29 is 4.79 Å². The third-order valence-corrected chi connectivity index (χ3v) is 6.06. The van der Waals surface area contributed by atoms with E-state index in [9.17, 15) is 9.59 Å². The Labute approximate surface area is 183 Å². The van der Waals surface area contributed by atoms with Gasteiger partial charge in [-0.1, -0.05) is 47.5 Å². The van der Waals surface area contributed by atoms with Gasteiger partial charge in [0.05, 0.1) is 6.54 Å². The summed E-state index contributed by atoms with van der Waals surface area (Å²) in [6, 6.07) is 15.9. The van der Waals surface area contributed by atoms with E-state index in [1.165, 1.54) is 0 Å². The van der Waals surface area contributed by atoms with Crippen molar-refractivity contribution in [1.29, 1.82) is 0 Å². The van der Waals surface area contributed by atoms with Gasteiger partial charge in [0.2, 0.25) is 0 Å². The third kappa shape index (κ3) is 4.48. The number of aromatic nitrogens is 3. The summed E-state index contributed by atoms with van der Waals surface area (Å²) in [5, 5.41) is 4.71. The number of rotatable bonds is 5. The Hall–Kier alpha value is -3.15. The molecular weight excluding hydrogens is 388 g/mol. The Balaban J connectivity index is 1.49. The van der Waals surface area contributed by atoms with Crippen LogP contribution in [-0.2, 0) is 13.1 Å². The highest BCUT2D eigenvalue weighted by Crippen LogP contribution is 2.27. The SMILES string of the molecule is CCn1c(C2CCN(C(=O)c3cc(C)cc(C)c3)CC2)nn(Cc2ccccc2)c1=O. The molecule has 0 radical (unpaired) electrons. The summed E-state index contributed by atoms with van der Waals surface area (Å²) >= 11 is 0. The predicted octanol–water partition coefficient (Wildman–Crippen LogP) is 3.75. The molecule has 1 saturated heterocycles. The highest BCUT2D eigenvalue weighted by atomic mass is 16.2. The van der Waals surface area contributed by atoms with Crippen molar-refractivity contribution in [2.75, 3.05) is 13.1 Å². The van der Waals surface area contributed by atoms with Crippen LogP contribution >= 0.6 is 0 Å². The first kappa shape index (κ1) is 21.1. The zero-order chi connectivity index (χ0) is 22.0. The second-order valence-electron chi connectivity index (χ2n) is 8.47. The molecule has 1 amide bonds. The van der Waals surface area contributed by atoms with E-state index >= 15 is 0 Å². The van der Waals surface area contributed by atoms with Crippen LogP contribution in [0.1, 0.15) is 58.6 Å². The molecule has 0 unspecified atom stereocenters. The number of aryl methyl sites for hydroxylation is 2. The normalized spacial score (nSPS) is 14.7. The number of carbonyl (C=O) groups excluding carboxylic acids is 1. The molecule has 162 valence electrons. The summed E-state index contributed by atoms with van der Waals surface area (Å²) in [4.78, 5) is 27.8. The Morgan fingerprint density at radius 2 is 1.68 bits per heavy atom. The van der Waals surface area contributed by atoms with Crippen LogP contribution in [0.3, 0.4) is 0 Å². The van der Waals surface area contributed by atoms with Crippen LogP contribution in [0.4, 0.5) is 0 Å². The molecule has 1 aliphatic rings. The Bertz CT molecular complexity index is 1100. The summed E-state index contributed by atoms with van der Waals surface area (Å²) in [7, 11) is 0. The molecule has 1 aromatic heterocycles. The average Bonchev–Trinajstić information content (AvgIpc) is 3.08. The number of hydrogen-bond donors (Lipinski definition) is 0. The molecule has 3 aromatic rings. The molecule has 4 rings (SSSR count). The molecule has 31 heavy (non-hydrogen) atoms. The van der Waals surface area contributed by atoms with Gasteiger partial charge in [0, 0.05) is 31.1 Å². The summed E-state index contributed by atoms with van der Waals surface area (Å²) in [5.41, 5.74) is 3.97. The smallest absolute Gasteiger partial charge is 0.339 e. The first-order valence-electron chi connectivity index (χ1n) is 11.0. The van der Waals surface area contributed by atoms with Crippen LogP contribution in [0, 0.1) is 13.8 Å². The Morgan fingerprint density at radius 3 is 2.29 bits per heavy atom. The number of benzene rings is 2. The molecule has 2 heterocycles.